The normalized spacial score (nSPS) is 11.4. The summed E-state index contributed by atoms with van der Waals surface area (Å²) in [5.74, 6) is 0. The minimum atomic E-state index is -0.298. The van der Waals surface area contributed by atoms with Gasteiger partial charge in [0.05, 0.1) is 10.8 Å². The Hall–Kier alpha value is -6.28. The molecule has 0 saturated carbocycles. The van der Waals surface area contributed by atoms with E-state index in [9.17, 15) is 0 Å². The first-order chi connectivity index (χ1) is 35.7. The van der Waals surface area contributed by atoms with Gasteiger partial charge in [0.15, 0.2) is 0 Å². The van der Waals surface area contributed by atoms with Gasteiger partial charge in [-0.1, -0.05) is 337 Å². The molecule has 0 spiro atoms. The Balaban J connectivity index is 0.000000571. The van der Waals surface area contributed by atoms with Crippen molar-refractivity contribution in [2.24, 2.45) is 0 Å². The first kappa shape index (κ1) is 63.7. The molecule has 8 aromatic rings. The molecule has 0 aromatic heterocycles. The third-order valence-electron chi connectivity index (χ3n) is 12.2. The lowest BCUT2D eigenvalue weighted by atomic mass is 9.67. The van der Waals surface area contributed by atoms with Crippen molar-refractivity contribution in [3.05, 3.63) is 262 Å². The Morgan fingerprint density at radius 3 is 0.778 bits per heavy atom. The van der Waals surface area contributed by atoms with Crippen LogP contribution in [0.1, 0.15) is 175 Å². The number of fused-ring (bicyclic) bond motifs is 6. The maximum atomic E-state index is 2.48. The van der Waals surface area contributed by atoms with Gasteiger partial charge in [-0.2, -0.15) is 0 Å². The predicted octanol–water partition coefficient (Wildman–Crippen LogP) is 21.2. The van der Waals surface area contributed by atoms with Crippen LogP contribution in [0.5, 0.6) is 0 Å². The summed E-state index contributed by atoms with van der Waals surface area (Å²) in [6.07, 6.45) is 0. The second-order valence-electron chi connectivity index (χ2n) is 14.9. The van der Waals surface area contributed by atoms with E-state index in [1.807, 2.05) is 111 Å². The first-order valence-corrected chi connectivity index (χ1v) is 28.1. The van der Waals surface area contributed by atoms with Gasteiger partial charge in [-0.25, -0.2) is 0 Å². The third-order valence-corrected chi connectivity index (χ3v) is 12.2. The summed E-state index contributed by atoms with van der Waals surface area (Å²) >= 11 is 0. The van der Waals surface area contributed by atoms with Crippen LogP contribution in [0.15, 0.2) is 212 Å². The van der Waals surface area contributed by atoms with E-state index >= 15 is 0 Å². The van der Waals surface area contributed by atoms with Crippen LogP contribution in [0.25, 0.3) is 22.3 Å². The van der Waals surface area contributed by atoms with Crippen LogP contribution in [0.3, 0.4) is 0 Å². The zero-order valence-corrected chi connectivity index (χ0v) is 48.3. The van der Waals surface area contributed by atoms with Crippen LogP contribution >= 0.6 is 0 Å². The van der Waals surface area contributed by atoms with Gasteiger partial charge in [0.25, 0.3) is 0 Å². The molecule has 0 heterocycles. The molecule has 2 aliphatic rings. The number of nitrogens with zero attached hydrogens (tertiary/aromatic N) is 1. The number of hydrogen-bond acceptors (Lipinski definition) is 1. The van der Waals surface area contributed by atoms with Gasteiger partial charge >= 0.3 is 0 Å². The van der Waals surface area contributed by atoms with E-state index in [0.717, 1.165) is 19.6 Å². The first-order valence-electron chi connectivity index (χ1n) is 28.1. The molecule has 8 aromatic carbocycles. The Labute approximate surface area is 442 Å². The summed E-state index contributed by atoms with van der Waals surface area (Å²) in [6.45, 7) is 39.6. The lowest BCUT2D eigenvalue weighted by Gasteiger charge is -2.34. The summed E-state index contributed by atoms with van der Waals surface area (Å²) in [5.41, 5.74) is 17.0. The number of rotatable bonds is 8. The monoisotopic (exact) mass is 962 g/mol. The Morgan fingerprint density at radius 2 is 0.500 bits per heavy atom. The smallest absolute Gasteiger partial charge is 0.0713 e. The van der Waals surface area contributed by atoms with Crippen LogP contribution in [0.4, 0.5) is 0 Å². The van der Waals surface area contributed by atoms with E-state index in [1.165, 1.54) is 72.3 Å². The van der Waals surface area contributed by atoms with Crippen molar-refractivity contribution >= 4 is 0 Å². The summed E-state index contributed by atoms with van der Waals surface area (Å²) in [4.78, 5) is 2.48. The van der Waals surface area contributed by atoms with Gasteiger partial charge in [-0.15, -0.1) is 0 Å². The van der Waals surface area contributed by atoms with E-state index in [1.54, 1.807) is 0 Å². The standard InChI is InChI=1S/C30H29N.C25H18.8C2H6/c1-3-31(4-2)22-23-19-20-27-26-17-11-12-18-28(26)30(29(27)21-23,24-13-7-5-8-14-24)25-15-9-6-10-16-25;1-3-11-19(12-4-1)25(20-13-5-2-6-14-20)23-17-9-7-15-21(23)22-16-8-10-18-24(22)25;8*1-2/h5-21H,3-4,22H2,1-2H3;1-18H;8*1-2H3. The van der Waals surface area contributed by atoms with Crippen molar-refractivity contribution in [3.63, 3.8) is 0 Å². The Kier molecular flexibility index (Phi) is 31.7. The van der Waals surface area contributed by atoms with Gasteiger partial charge in [0, 0.05) is 6.54 Å². The van der Waals surface area contributed by atoms with E-state index in [2.05, 4.69) is 231 Å². The highest BCUT2D eigenvalue weighted by molar-refractivity contribution is 5.87. The van der Waals surface area contributed by atoms with Crippen molar-refractivity contribution in [1.82, 2.24) is 4.90 Å². The lowest BCUT2D eigenvalue weighted by molar-refractivity contribution is 0.296. The van der Waals surface area contributed by atoms with Crippen molar-refractivity contribution in [2.75, 3.05) is 13.1 Å². The molecule has 0 atom stereocenters. The zero-order valence-electron chi connectivity index (χ0n) is 48.3. The third kappa shape index (κ3) is 13.6. The molecule has 0 bridgehead atoms. The molecule has 2 aliphatic carbocycles. The predicted molar refractivity (Wildman–Crippen MR) is 325 cm³/mol. The minimum Gasteiger partial charge on any atom is -0.300 e. The van der Waals surface area contributed by atoms with E-state index < -0.39 is 0 Å². The molecule has 10 rings (SSSR count). The summed E-state index contributed by atoms with van der Waals surface area (Å²) < 4.78 is 0. The van der Waals surface area contributed by atoms with Crippen molar-refractivity contribution in [3.8, 4) is 22.3 Å². The summed E-state index contributed by atoms with van der Waals surface area (Å²) in [7, 11) is 0. The molecular formula is C71H95N. The topological polar surface area (TPSA) is 3.24 Å². The number of benzene rings is 8. The quantitative estimate of drug-likeness (QED) is 0.147. The highest BCUT2D eigenvalue weighted by atomic mass is 15.1. The minimum absolute atomic E-state index is 0.254. The molecule has 0 unspecified atom stereocenters. The van der Waals surface area contributed by atoms with Crippen LogP contribution < -0.4 is 0 Å². The Bertz CT molecular complexity index is 2440. The largest absolute Gasteiger partial charge is 0.300 e. The van der Waals surface area contributed by atoms with Crippen LogP contribution in [-0.4, -0.2) is 18.0 Å². The molecular weight excluding hydrogens is 867 g/mol. The van der Waals surface area contributed by atoms with Crippen molar-refractivity contribution < 1.29 is 0 Å². The van der Waals surface area contributed by atoms with Crippen LogP contribution in [0, 0.1) is 0 Å². The van der Waals surface area contributed by atoms with Gasteiger partial charge in [-0.05, 0) is 85.4 Å². The molecule has 1 nitrogen and oxygen atoms in total. The van der Waals surface area contributed by atoms with Crippen LogP contribution in [-0.2, 0) is 17.4 Å². The average Bonchev–Trinajstić information content (AvgIpc) is 3.98. The molecule has 0 saturated heterocycles. The zero-order chi connectivity index (χ0) is 54.0. The average molecular weight is 963 g/mol. The van der Waals surface area contributed by atoms with Crippen molar-refractivity contribution in [1.29, 1.82) is 0 Å². The van der Waals surface area contributed by atoms with E-state index in [-0.39, 0.29) is 10.8 Å². The van der Waals surface area contributed by atoms with Gasteiger partial charge in [0.1, 0.15) is 0 Å². The molecule has 0 radical (unpaired) electrons. The maximum absolute atomic E-state index is 2.48. The maximum Gasteiger partial charge on any atom is 0.0713 e. The molecule has 0 N–H and O–H groups in total. The molecule has 0 aliphatic heterocycles. The van der Waals surface area contributed by atoms with Crippen molar-refractivity contribution in [2.45, 2.75) is 142 Å². The molecule has 384 valence electrons. The van der Waals surface area contributed by atoms with Gasteiger partial charge < -0.3 is 0 Å². The highest BCUT2D eigenvalue weighted by Crippen LogP contribution is 2.57. The van der Waals surface area contributed by atoms with Gasteiger partial charge in [-0.3, -0.25) is 4.90 Å². The molecule has 72 heavy (non-hydrogen) atoms. The second kappa shape index (κ2) is 35.8. The fourth-order valence-electron chi connectivity index (χ4n) is 9.70. The fourth-order valence-corrected chi connectivity index (χ4v) is 9.70. The van der Waals surface area contributed by atoms with E-state index in [4.69, 9.17) is 0 Å². The van der Waals surface area contributed by atoms with Gasteiger partial charge in [0.2, 0.25) is 0 Å². The molecule has 0 fully saturated rings. The number of hydrogen-bond donors (Lipinski definition) is 0. The SMILES string of the molecule is CC.CC.CC.CC.CC.CC.CC.CC.CCN(CC)Cc1ccc2c(c1)C(c1ccccc1)(c1ccccc1)c1ccccc1-2.c1ccc(C2(c3ccccc3)c3ccccc3-c3ccccc32)cc1. The molecule has 0 amide bonds. The van der Waals surface area contributed by atoms with Crippen LogP contribution in [0.2, 0.25) is 0 Å². The Morgan fingerprint density at radius 1 is 0.264 bits per heavy atom. The second-order valence-corrected chi connectivity index (χ2v) is 14.9. The highest BCUT2D eigenvalue weighted by Gasteiger charge is 2.47. The summed E-state index contributed by atoms with van der Waals surface area (Å²) in [5, 5.41) is 0. The van der Waals surface area contributed by atoms with E-state index in [0.29, 0.717) is 0 Å². The fraction of sp³-hybridized carbons (Fsp3) is 0.324. The molecule has 1 heteroatoms. The lowest BCUT2D eigenvalue weighted by Crippen LogP contribution is -2.29. The summed E-state index contributed by atoms with van der Waals surface area (Å²) in [6, 6.07) is 77.6.